The molecule has 0 spiro atoms. The van der Waals surface area contributed by atoms with Crippen LogP contribution in [-0.2, 0) is 14.3 Å². The van der Waals surface area contributed by atoms with Gasteiger partial charge >= 0.3 is 11.9 Å². The van der Waals surface area contributed by atoms with Crippen LogP contribution in [0, 0.1) is 22.7 Å². The molecule has 1 fully saturated rings. The molecule has 0 bridgehead atoms. The monoisotopic (exact) mass is 464 g/mol. The van der Waals surface area contributed by atoms with Gasteiger partial charge < -0.3 is 9.84 Å². The van der Waals surface area contributed by atoms with Crippen molar-refractivity contribution in [3.05, 3.63) is 57.7 Å². The van der Waals surface area contributed by atoms with Crippen molar-refractivity contribution in [2.75, 3.05) is 0 Å². The number of carboxylic acid groups (broad SMARTS) is 1. The fourth-order valence-corrected chi connectivity index (χ4v) is 7.26. The Morgan fingerprint density at radius 1 is 1.24 bits per heavy atom. The van der Waals surface area contributed by atoms with E-state index in [1.165, 1.54) is 22.3 Å². The molecule has 4 nitrogen and oxygen atoms in total. The smallest absolute Gasteiger partial charge is 0.333 e. The Bertz CT molecular complexity index is 1050. The fourth-order valence-electron chi connectivity index (χ4n) is 7.26. The summed E-state index contributed by atoms with van der Waals surface area (Å²) >= 11 is 0. The van der Waals surface area contributed by atoms with Crippen molar-refractivity contribution >= 4 is 11.9 Å². The summed E-state index contributed by atoms with van der Waals surface area (Å²) in [4.78, 5) is 23.5. The van der Waals surface area contributed by atoms with Crippen LogP contribution >= 0.6 is 0 Å². The van der Waals surface area contributed by atoms with Crippen LogP contribution in [-0.4, -0.2) is 23.1 Å². The zero-order chi connectivity index (χ0) is 24.8. The van der Waals surface area contributed by atoms with Crippen molar-refractivity contribution in [1.29, 1.82) is 0 Å². The van der Waals surface area contributed by atoms with Crippen molar-refractivity contribution in [3.63, 3.8) is 0 Å². The number of hydrogen-bond donors (Lipinski definition) is 1. The van der Waals surface area contributed by atoms with Gasteiger partial charge in [0, 0.05) is 18.4 Å². The minimum atomic E-state index is -0.749. The molecule has 5 atom stereocenters. The highest BCUT2D eigenvalue weighted by Gasteiger charge is 2.59. The molecule has 34 heavy (non-hydrogen) atoms. The van der Waals surface area contributed by atoms with Gasteiger partial charge in [-0.1, -0.05) is 50.6 Å². The van der Waals surface area contributed by atoms with Crippen LogP contribution in [0.15, 0.2) is 57.7 Å². The molecule has 0 radical (unpaired) electrons. The van der Waals surface area contributed by atoms with Crippen molar-refractivity contribution in [1.82, 2.24) is 0 Å². The van der Waals surface area contributed by atoms with Gasteiger partial charge in [0.2, 0.25) is 0 Å². The summed E-state index contributed by atoms with van der Waals surface area (Å²) in [7, 11) is 0. The van der Waals surface area contributed by atoms with E-state index in [0.29, 0.717) is 18.3 Å². The van der Waals surface area contributed by atoms with Gasteiger partial charge in [-0.15, -0.1) is 0 Å². The molecule has 1 heterocycles. The SMILES string of the molecule is CC1=CC[C@@H]([C@H](C)[C@H]2CC[C@]3(C)C4=C(C=C(CCC(=O)O)C(=C(C)C)C=C4)CC[C@]23C)OC1=O. The predicted molar refractivity (Wildman–Crippen MR) is 135 cm³/mol. The molecule has 4 heteroatoms. The highest BCUT2D eigenvalue weighted by Crippen LogP contribution is 2.67. The van der Waals surface area contributed by atoms with E-state index in [1.54, 1.807) is 0 Å². The van der Waals surface area contributed by atoms with Crippen LogP contribution in [0.3, 0.4) is 0 Å². The van der Waals surface area contributed by atoms with Gasteiger partial charge in [0.1, 0.15) is 6.10 Å². The van der Waals surface area contributed by atoms with Crippen LogP contribution in [0.5, 0.6) is 0 Å². The third-order valence-corrected chi connectivity index (χ3v) is 9.60. The summed E-state index contributed by atoms with van der Waals surface area (Å²) in [5.41, 5.74) is 7.26. The number of fused-ring (bicyclic) bond motifs is 2. The third-order valence-electron chi connectivity index (χ3n) is 9.60. The number of rotatable bonds is 5. The maximum absolute atomic E-state index is 12.2. The molecule has 1 aliphatic heterocycles. The molecule has 0 aromatic carbocycles. The Labute approximate surface area is 204 Å². The van der Waals surface area contributed by atoms with Crippen LogP contribution in [0.25, 0.3) is 0 Å². The molecule has 4 rings (SSSR count). The highest BCUT2D eigenvalue weighted by molar-refractivity contribution is 5.88. The molecule has 184 valence electrons. The maximum atomic E-state index is 12.2. The Kier molecular flexibility index (Phi) is 6.56. The largest absolute Gasteiger partial charge is 0.481 e. The van der Waals surface area contributed by atoms with Gasteiger partial charge in [0.15, 0.2) is 0 Å². The van der Waals surface area contributed by atoms with E-state index < -0.39 is 5.97 Å². The average Bonchev–Trinajstić information content (AvgIpc) is 2.93. The number of carboxylic acids is 1. The molecule has 1 N–H and O–H groups in total. The average molecular weight is 465 g/mol. The normalized spacial score (nSPS) is 33.9. The van der Waals surface area contributed by atoms with Gasteiger partial charge in [0.05, 0.1) is 0 Å². The van der Waals surface area contributed by atoms with E-state index in [2.05, 4.69) is 52.8 Å². The lowest BCUT2D eigenvalue weighted by Crippen LogP contribution is -2.45. The first-order valence-corrected chi connectivity index (χ1v) is 12.9. The van der Waals surface area contributed by atoms with Crippen molar-refractivity contribution in [3.8, 4) is 0 Å². The number of allylic oxidation sites excluding steroid dienone is 8. The number of hydrogen-bond acceptors (Lipinski definition) is 3. The summed E-state index contributed by atoms with van der Waals surface area (Å²) in [6, 6.07) is 0. The van der Waals surface area contributed by atoms with E-state index in [0.717, 1.165) is 43.3 Å². The zero-order valence-electron chi connectivity index (χ0n) is 21.7. The van der Waals surface area contributed by atoms with Gasteiger partial charge in [-0.05, 0) is 97.8 Å². The lowest BCUT2D eigenvalue weighted by Gasteiger charge is -2.51. The van der Waals surface area contributed by atoms with Crippen LogP contribution in [0.1, 0.15) is 86.5 Å². The van der Waals surface area contributed by atoms with Crippen molar-refractivity contribution in [2.45, 2.75) is 92.6 Å². The van der Waals surface area contributed by atoms with Crippen molar-refractivity contribution < 1.29 is 19.4 Å². The number of esters is 1. The van der Waals surface area contributed by atoms with E-state index in [1.807, 2.05) is 13.0 Å². The molecule has 4 aliphatic rings. The maximum Gasteiger partial charge on any atom is 0.333 e. The molecule has 0 saturated heterocycles. The first-order chi connectivity index (χ1) is 16.0. The quantitative estimate of drug-likeness (QED) is 0.441. The lowest BCUT2D eigenvalue weighted by atomic mass is 9.53. The highest BCUT2D eigenvalue weighted by atomic mass is 16.5. The van der Waals surface area contributed by atoms with Gasteiger partial charge in [0.25, 0.3) is 0 Å². The Morgan fingerprint density at radius 2 is 1.97 bits per heavy atom. The second-order valence-electron chi connectivity index (χ2n) is 11.6. The van der Waals surface area contributed by atoms with Crippen LogP contribution in [0.4, 0.5) is 0 Å². The van der Waals surface area contributed by atoms with E-state index in [9.17, 15) is 14.7 Å². The number of cyclic esters (lactones) is 1. The first kappa shape index (κ1) is 24.8. The summed E-state index contributed by atoms with van der Waals surface area (Å²) < 4.78 is 5.86. The molecule has 0 aromatic heterocycles. The standard InChI is InChI=1S/C30H40O4/c1-18(2)23-9-10-25-22(17-21(23)8-12-27(31)32)13-15-29(5)24(14-16-30(25,29)6)20(4)26-11-7-19(3)28(33)34-26/h7,9-10,17,20,24,26H,8,11-16H2,1-6H3,(H,31,32)/t20-,24-,26+,29-,30-/m1/s1. The van der Waals surface area contributed by atoms with Crippen molar-refractivity contribution in [2.24, 2.45) is 22.7 Å². The molecular weight excluding hydrogens is 424 g/mol. The van der Waals surface area contributed by atoms with E-state index in [4.69, 9.17) is 4.74 Å². The third kappa shape index (κ3) is 4.03. The lowest BCUT2D eigenvalue weighted by molar-refractivity contribution is -0.150. The minimum absolute atomic E-state index is 0.0415. The summed E-state index contributed by atoms with van der Waals surface area (Å²) in [6.45, 7) is 13.2. The summed E-state index contributed by atoms with van der Waals surface area (Å²) in [6.07, 6.45) is 14.8. The molecule has 0 unspecified atom stereocenters. The molecule has 3 aliphatic carbocycles. The molecule has 0 aromatic rings. The Morgan fingerprint density at radius 3 is 2.62 bits per heavy atom. The molecule has 0 amide bonds. The first-order valence-electron chi connectivity index (χ1n) is 12.9. The Hall–Kier alpha value is -2.36. The number of aliphatic carboxylic acids is 1. The minimum Gasteiger partial charge on any atom is -0.481 e. The Balaban J connectivity index is 1.68. The number of ether oxygens (including phenoxy) is 1. The van der Waals surface area contributed by atoms with E-state index >= 15 is 0 Å². The second kappa shape index (κ2) is 9.02. The van der Waals surface area contributed by atoms with Gasteiger partial charge in [-0.25, -0.2) is 4.79 Å². The number of carbonyl (C=O) groups excluding carboxylic acids is 1. The summed E-state index contributed by atoms with van der Waals surface area (Å²) in [5, 5.41) is 9.28. The second-order valence-corrected chi connectivity index (χ2v) is 11.6. The molecule has 1 saturated carbocycles. The van der Waals surface area contributed by atoms with Crippen LogP contribution < -0.4 is 0 Å². The number of carbonyl (C=O) groups is 2. The fraction of sp³-hybridized carbons (Fsp3) is 0.600. The zero-order valence-corrected chi connectivity index (χ0v) is 21.7. The van der Waals surface area contributed by atoms with E-state index in [-0.39, 0.29) is 29.3 Å². The molecular formula is C30H40O4. The van der Waals surface area contributed by atoms with Gasteiger partial charge in [-0.2, -0.15) is 0 Å². The predicted octanol–water partition coefficient (Wildman–Crippen LogP) is 7.09. The van der Waals surface area contributed by atoms with Crippen LogP contribution in [0.2, 0.25) is 0 Å². The van der Waals surface area contributed by atoms with Gasteiger partial charge in [-0.3, -0.25) is 4.79 Å². The summed E-state index contributed by atoms with van der Waals surface area (Å²) in [5.74, 6) is -0.110. The topological polar surface area (TPSA) is 63.6 Å².